The van der Waals surface area contributed by atoms with Crippen molar-refractivity contribution in [2.75, 3.05) is 13.1 Å². The van der Waals surface area contributed by atoms with Gasteiger partial charge in [-0.3, -0.25) is 9.59 Å². The summed E-state index contributed by atoms with van der Waals surface area (Å²) in [4.78, 5) is 24.0. The van der Waals surface area contributed by atoms with Crippen molar-refractivity contribution in [3.63, 3.8) is 0 Å². The predicted octanol–water partition coefficient (Wildman–Crippen LogP) is 3.43. The largest absolute Gasteiger partial charge is 0.351 e. The first-order chi connectivity index (χ1) is 12.6. The summed E-state index contributed by atoms with van der Waals surface area (Å²) in [5, 5.41) is 4.92. The average Bonchev–Trinajstić information content (AvgIpc) is 2.62. The summed E-state index contributed by atoms with van der Waals surface area (Å²) in [6, 6.07) is 5.07. The van der Waals surface area contributed by atoms with Crippen LogP contribution in [0.4, 0.5) is 17.6 Å². The summed E-state index contributed by atoms with van der Waals surface area (Å²) in [5.74, 6) is -4.82. The molecule has 0 aromatic heterocycles. The lowest BCUT2D eigenvalue weighted by atomic mass is 9.93. The molecule has 0 radical (unpaired) electrons. The Morgan fingerprint density at radius 1 is 0.778 bits per heavy atom. The van der Waals surface area contributed by atoms with Crippen LogP contribution in [0.2, 0.25) is 0 Å². The molecule has 8 heteroatoms. The van der Waals surface area contributed by atoms with E-state index in [4.69, 9.17) is 0 Å². The van der Waals surface area contributed by atoms with Gasteiger partial charge in [-0.2, -0.15) is 0 Å². The van der Waals surface area contributed by atoms with E-state index in [0.717, 1.165) is 36.4 Å². The van der Waals surface area contributed by atoms with Crippen molar-refractivity contribution >= 4 is 11.8 Å². The fourth-order valence-corrected chi connectivity index (χ4v) is 2.24. The van der Waals surface area contributed by atoms with Gasteiger partial charge in [0.2, 0.25) is 0 Å². The molecule has 0 spiro atoms. The highest BCUT2D eigenvalue weighted by atomic mass is 19.1. The molecule has 0 aliphatic carbocycles. The summed E-state index contributed by atoms with van der Waals surface area (Å²) in [6.45, 7) is 3.43. The van der Waals surface area contributed by atoms with E-state index in [1.54, 1.807) is 13.8 Å². The Morgan fingerprint density at radius 3 is 1.52 bits per heavy atom. The normalized spacial score (nSPS) is 11.2. The number of nitrogens with one attached hydrogen (secondary N) is 2. The number of hydrogen-bond acceptors (Lipinski definition) is 2. The van der Waals surface area contributed by atoms with Gasteiger partial charge in [-0.1, -0.05) is 13.8 Å². The number of carbonyl (C=O) groups is 2. The Hall–Kier alpha value is -2.90. The molecule has 2 amide bonds. The van der Waals surface area contributed by atoms with Crippen LogP contribution < -0.4 is 10.6 Å². The second-order valence-electron chi connectivity index (χ2n) is 6.78. The predicted molar refractivity (Wildman–Crippen MR) is 91.2 cm³/mol. The third-order valence-electron chi connectivity index (χ3n) is 3.80. The lowest BCUT2D eigenvalue weighted by Crippen LogP contribution is -2.42. The Balaban J connectivity index is 1.94. The van der Waals surface area contributed by atoms with E-state index in [9.17, 15) is 27.2 Å². The van der Waals surface area contributed by atoms with Crippen molar-refractivity contribution in [3.8, 4) is 0 Å². The summed E-state index contributed by atoms with van der Waals surface area (Å²) >= 11 is 0. The molecule has 0 saturated heterocycles. The molecule has 27 heavy (non-hydrogen) atoms. The van der Waals surface area contributed by atoms with Crippen LogP contribution >= 0.6 is 0 Å². The maximum atomic E-state index is 13.6. The van der Waals surface area contributed by atoms with Gasteiger partial charge in [-0.15, -0.1) is 0 Å². The van der Waals surface area contributed by atoms with Crippen LogP contribution in [0, 0.1) is 28.7 Å². The Kier molecular flexibility index (Phi) is 6.20. The molecular weight excluding hydrogens is 364 g/mol. The van der Waals surface area contributed by atoms with Gasteiger partial charge in [0, 0.05) is 13.1 Å². The van der Waals surface area contributed by atoms with Crippen LogP contribution in [0.1, 0.15) is 34.6 Å². The number of halogens is 4. The van der Waals surface area contributed by atoms with Gasteiger partial charge in [0.1, 0.15) is 23.3 Å². The van der Waals surface area contributed by atoms with E-state index in [-0.39, 0.29) is 13.1 Å². The zero-order valence-electron chi connectivity index (χ0n) is 14.7. The molecule has 2 aromatic rings. The SMILES string of the molecule is CC(C)(CNC(=O)c1cc(F)ccc1F)CNC(=O)c1cc(F)ccc1F. The van der Waals surface area contributed by atoms with E-state index < -0.39 is 51.6 Å². The lowest BCUT2D eigenvalue weighted by molar-refractivity contribution is 0.0915. The minimum Gasteiger partial charge on any atom is -0.351 e. The zero-order chi connectivity index (χ0) is 20.2. The molecule has 0 bridgehead atoms. The molecule has 2 aromatic carbocycles. The zero-order valence-corrected chi connectivity index (χ0v) is 14.7. The maximum absolute atomic E-state index is 13.6. The Labute approximate surface area is 153 Å². The maximum Gasteiger partial charge on any atom is 0.254 e. The van der Waals surface area contributed by atoms with Crippen molar-refractivity contribution in [2.24, 2.45) is 5.41 Å². The fraction of sp³-hybridized carbons (Fsp3) is 0.263. The van der Waals surface area contributed by atoms with Crippen LogP contribution in [0.3, 0.4) is 0 Å². The van der Waals surface area contributed by atoms with Crippen molar-refractivity contribution in [1.82, 2.24) is 10.6 Å². The van der Waals surface area contributed by atoms with E-state index in [1.807, 2.05) is 0 Å². The van der Waals surface area contributed by atoms with Gasteiger partial charge in [0.25, 0.3) is 11.8 Å². The molecule has 0 heterocycles. The molecule has 144 valence electrons. The Bertz CT molecular complexity index is 799. The summed E-state index contributed by atoms with van der Waals surface area (Å²) in [6.07, 6.45) is 0. The van der Waals surface area contributed by atoms with E-state index in [1.165, 1.54) is 0 Å². The topological polar surface area (TPSA) is 58.2 Å². The monoisotopic (exact) mass is 382 g/mol. The van der Waals surface area contributed by atoms with Crippen LogP contribution in [0.15, 0.2) is 36.4 Å². The highest BCUT2D eigenvalue weighted by molar-refractivity contribution is 5.95. The second-order valence-corrected chi connectivity index (χ2v) is 6.78. The number of amides is 2. The molecule has 4 nitrogen and oxygen atoms in total. The molecule has 0 aliphatic rings. The number of benzene rings is 2. The van der Waals surface area contributed by atoms with Crippen molar-refractivity contribution in [1.29, 1.82) is 0 Å². The minimum absolute atomic E-state index is 0.0215. The molecule has 0 fully saturated rings. The highest BCUT2D eigenvalue weighted by Gasteiger charge is 2.23. The molecule has 0 atom stereocenters. The number of rotatable bonds is 6. The quantitative estimate of drug-likeness (QED) is 0.752. The molecule has 2 N–H and O–H groups in total. The third kappa shape index (κ3) is 5.54. The van der Waals surface area contributed by atoms with Gasteiger partial charge >= 0.3 is 0 Å². The molecular formula is C19H18F4N2O2. The molecule has 2 rings (SSSR count). The van der Waals surface area contributed by atoms with Crippen LogP contribution in [0.25, 0.3) is 0 Å². The summed E-state index contributed by atoms with van der Waals surface area (Å²) in [5.41, 5.74) is -1.56. The fourth-order valence-electron chi connectivity index (χ4n) is 2.24. The van der Waals surface area contributed by atoms with Crippen molar-refractivity contribution in [2.45, 2.75) is 13.8 Å². The smallest absolute Gasteiger partial charge is 0.254 e. The molecule has 0 unspecified atom stereocenters. The van der Waals surface area contributed by atoms with Crippen LogP contribution in [0.5, 0.6) is 0 Å². The van der Waals surface area contributed by atoms with E-state index in [0.29, 0.717) is 0 Å². The van der Waals surface area contributed by atoms with Gasteiger partial charge in [0.15, 0.2) is 0 Å². The molecule has 0 aliphatic heterocycles. The standard InChI is InChI=1S/C19H18F4N2O2/c1-19(2,9-24-17(26)13-7-11(20)3-5-15(13)22)10-25-18(27)14-8-12(21)4-6-16(14)23/h3-8H,9-10H2,1-2H3,(H,24,26)(H,25,27). The van der Waals surface area contributed by atoms with Gasteiger partial charge < -0.3 is 10.6 Å². The third-order valence-corrected chi connectivity index (χ3v) is 3.80. The molecule has 0 saturated carbocycles. The summed E-state index contributed by atoms with van der Waals surface area (Å²) < 4.78 is 53.5. The van der Waals surface area contributed by atoms with Crippen LogP contribution in [-0.4, -0.2) is 24.9 Å². The van der Waals surface area contributed by atoms with Crippen molar-refractivity contribution in [3.05, 3.63) is 70.8 Å². The summed E-state index contributed by atoms with van der Waals surface area (Å²) in [7, 11) is 0. The first-order valence-electron chi connectivity index (χ1n) is 8.05. The first kappa shape index (κ1) is 20.4. The van der Waals surface area contributed by atoms with Crippen molar-refractivity contribution < 1.29 is 27.2 Å². The number of hydrogen-bond donors (Lipinski definition) is 2. The average molecular weight is 382 g/mol. The van der Waals surface area contributed by atoms with Gasteiger partial charge in [0.05, 0.1) is 11.1 Å². The first-order valence-corrected chi connectivity index (χ1v) is 8.05. The minimum atomic E-state index is -0.860. The van der Waals surface area contributed by atoms with Gasteiger partial charge in [-0.25, -0.2) is 17.6 Å². The van der Waals surface area contributed by atoms with E-state index >= 15 is 0 Å². The Morgan fingerprint density at radius 2 is 1.15 bits per heavy atom. The van der Waals surface area contributed by atoms with Gasteiger partial charge in [-0.05, 0) is 41.8 Å². The van der Waals surface area contributed by atoms with Crippen LogP contribution in [-0.2, 0) is 0 Å². The highest BCUT2D eigenvalue weighted by Crippen LogP contribution is 2.15. The van der Waals surface area contributed by atoms with E-state index in [2.05, 4.69) is 10.6 Å². The number of carbonyl (C=O) groups excluding carboxylic acids is 2. The lowest BCUT2D eigenvalue weighted by Gasteiger charge is -2.25. The second kappa shape index (κ2) is 8.20.